The number of halogens is 1. The summed E-state index contributed by atoms with van der Waals surface area (Å²) in [5.41, 5.74) is 1.67. The molecule has 0 radical (unpaired) electrons. The lowest BCUT2D eigenvalue weighted by molar-refractivity contribution is -0.209. The number of fused-ring (bicyclic) bond motifs is 1. The van der Waals surface area contributed by atoms with Crippen molar-refractivity contribution in [3.8, 4) is 11.5 Å². The van der Waals surface area contributed by atoms with Crippen LogP contribution in [0.3, 0.4) is 0 Å². The number of esters is 2. The molecule has 2 fully saturated rings. The van der Waals surface area contributed by atoms with Crippen molar-refractivity contribution in [2.24, 2.45) is 0 Å². The Bertz CT molecular complexity index is 1230. The van der Waals surface area contributed by atoms with Crippen LogP contribution >= 0.6 is 11.6 Å². The second-order valence-corrected chi connectivity index (χ2v) is 13.4. The molecule has 0 aromatic heterocycles. The summed E-state index contributed by atoms with van der Waals surface area (Å²) in [7, 11) is 0. The summed E-state index contributed by atoms with van der Waals surface area (Å²) in [5, 5.41) is 14.5. The van der Waals surface area contributed by atoms with E-state index in [2.05, 4.69) is 5.32 Å². The normalized spacial score (nSPS) is 20.6. The number of aliphatic hydroxyl groups excluding tert-OH is 1. The number of carbonyl (C=O) groups is 2. The average Bonchev–Trinajstić information content (AvgIpc) is 3.39. The largest absolute Gasteiger partial charge is 0.456 e. The quantitative estimate of drug-likeness (QED) is 0.205. The number of hydrogen-bond acceptors (Lipinski definition) is 8. The zero-order valence-corrected chi connectivity index (χ0v) is 27.2. The molecular formula is C36H48ClNO7. The molecule has 2 saturated carbocycles. The standard InChI is InChI=1S/C36H48ClNO7/c1-25(38-24-31(39)27-13-12-14-28(37)23-27)21-26-19-20-32-33(22-26)45-36(44-32,34(40)42-29-15-8-4-2-5-9-16-29)35(41)43-30-17-10-6-3-7-11-18-30/h12-14,19-20,22-23,25,29-31,38-39H,2-11,15-18,21,24H2,1H3/t25-,31+/m1/s1. The van der Waals surface area contributed by atoms with Gasteiger partial charge in [-0.3, -0.25) is 0 Å². The van der Waals surface area contributed by atoms with Gasteiger partial charge in [0.05, 0.1) is 6.10 Å². The van der Waals surface area contributed by atoms with Gasteiger partial charge in [-0.25, -0.2) is 9.59 Å². The minimum absolute atomic E-state index is 0.0116. The fourth-order valence-corrected chi connectivity index (χ4v) is 6.72. The van der Waals surface area contributed by atoms with Gasteiger partial charge in [-0.2, -0.15) is 0 Å². The third kappa shape index (κ3) is 9.14. The van der Waals surface area contributed by atoms with Gasteiger partial charge in [0.15, 0.2) is 11.5 Å². The van der Waals surface area contributed by atoms with E-state index in [-0.39, 0.29) is 18.2 Å². The lowest BCUT2D eigenvalue weighted by atomic mass is 9.98. The van der Waals surface area contributed by atoms with Crippen molar-refractivity contribution < 1.29 is 33.6 Å². The molecule has 5 rings (SSSR count). The van der Waals surface area contributed by atoms with Crippen LogP contribution in [0.5, 0.6) is 11.5 Å². The van der Waals surface area contributed by atoms with Gasteiger partial charge in [0.2, 0.25) is 0 Å². The second kappa shape index (κ2) is 16.1. The van der Waals surface area contributed by atoms with Crippen LogP contribution in [-0.4, -0.2) is 47.6 Å². The van der Waals surface area contributed by atoms with Crippen molar-refractivity contribution in [3.05, 3.63) is 58.6 Å². The third-order valence-corrected chi connectivity index (χ3v) is 9.37. The molecule has 1 aliphatic heterocycles. The molecule has 0 spiro atoms. The monoisotopic (exact) mass is 641 g/mol. The first-order valence-electron chi connectivity index (χ1n) is 16.9. The summed E-state index contributed by atoms with van der Waals surface area (Å²) in [6.07, 6.45) is 13.1. The van der Waals surface area contributed by atoms with E-state index in [0.717, 1.165) is 88.2 Å². The van der Waals surface area contributed by atoms with Gasteiger partial charge < -0.3 is 29.4 Å². The summed E-state index contributed by atoms with van der Waals surface area (Å²) < 4.78 is 24.2. The SMILES string of the molecule is C[C@H](Cc1ccc2c(c1)OC(C(=O)OC1CCCCCCC1)(C(=O)OC1CCCCCCC1)O2)NC[C@H](O)c1cccc(Cl)c1. The molecule has 0 amide bonds. The number of hydrogen-bond donors (Lipinski definition) is 2. The van der Waals surface area contributed by atoms with Crippen LogP contribution in [0.15, 0.2) is 42.5 Å². The van der Waals surface area contributed by atoms with Gasteiger partial charge >= 0.3 is 17.7 Å². The van der Waals surface area contributed by atoms with Gasteiger partial charge in [-0.1, -0.05) is 68.3 Å². The minimum Gasteiger partial charge on any atom is -0.456 e. The van der Waals surface area contributed by atoms with E-state index in [9.17, 15) is 14.7 Å². The van der Waals surface area contributed by atoms with E-state index in [0.29, 0.717) is 29.5 Å². The van der Waals surface area contributed by atoms with E-state index in [1.54, 1.807) is 24.3 Å². The van der Waals surface area contributed by atoms with Crippen LogP contribution in [0.4, 0.5) is 0 Å². The molecule has 0 unspecified atom stereocenters. The highest BCUT2D eigenvalue weighted by Crippen LogP contribution is 2.42. The molecule has 2 aromatic rings. The Morgan fingerprint density at radius 1 is 0.844 bits per heavy atom. The molecule has 9 heteroatoms. The predicted molar refractivity (Wildman–Crippen MR) is 172 cm³/mol. The number of rotatable bonds is 10. The highest BCUT2D eigenvalue weighted by Gasteiger charge is 2.60. The average molecular weight is 642 g/mol. The summed E-state index contributed by atoms with van der Waals surface area (Å²) in [6.45, 7) is 2.38. The predicted octanol–water partition coefficient (Wildman–Crippen LogP) is 7.37. The van der Waals surface area contributed by atoms with E-state index in [1.807, 2.05) is 25.1 Å². The number of aliphatic hydroxyl groups is 1. The zero-order valence-electron chi connectivity index (χ0n) is 26.4. The Morgan fingerprint density at radius 3 is 1.98 bits per heavy atom. The molecule has 3 aliphatic rings. The van der Waals surface area contributed by atoms with Crippen molar-refractivity contribution >= 4 is 23.5 Å². The van der Waals surface area contributed by atoms with Gasteiger partial charge in [0, 0.05) is 17.6 Å². The lowest BCUT2D eigenvalue weighted by Gasteiger charge is -2.29. The molecular weight excluding hydrogens is 594 g/mol. The van der Waals surface area contributed by atoms with Gasteiger partial charge in [-0.05, 0) is 100 Å². The van der Waals surface area contributed by atoms with Crippen molar-refractivity contribution in [3.63, 3.8) is 0 Å². The van der Waals surface area contributed by atoms with Gasteiger partial charge in [-0.15, -0.1) is 0 Å². The zero-order chi connectivity index (χ0) is 31.6. The van der Waals surface area contributed by atoms with E-state index in [4.69, 9.17) is 30.5 Å². The molecule has 0 bridgehead atoms. The first-order chi connectivity index (χ1) is 21.8. The molecule has 246 valence electrons. The van der Waals surface area contributed by atoms with Gasteiger partial charge in [0.1, 0.15) is 12.2 Å². The molecule has 1 heterocycles. The molecule has 2 N–H and O–H groups in total. The van der Waals surface area contributed by atoms with E-state index in [1.165, 1.54) is 12.8 Å². The number of nitrogens with one attached hydrogen (secondary N) is 1. The Morgan fingerprint density at radius 2 is 1.40 bits per heavy atom. The summed E-state index contributed by atoms with van der Waals surface area (Å²) in [6, 6.07) is 12.6. The van der Waals surface area contributed by atoms with E-state index >= 15 is 0 Å². The smallest absolute Gasteiger partial charge is 0.453 e. The van der Waals surface area contributed by atoms with Crippen LogP contribution in [0.2, 0.25) is 5.02 Å². The fraction of sp³-hybridized carbons (Fsp3) is 0.611. The number of ether oxygens (including phenoxy) is 4. The molecule has 45 heavy (non-hydrogen) atoms. The summed E-state index contributed by atoms with van der Waals surface area (Å²) in [4.78, 5) is 27.7. The van der Waals surface area contributed by atoms with Crippen molar-refractivity contribution in [2.45, 2.75) is 133 Å². The summed E-state index contributed by atoms with van der Waals surface area (Å²) >= 11 is 6.08. The lowest BCUT2D eigenvalue weighted by Crippen LogP contribution is -2.57. The van der Waals surface area contributed by atoms with Crippen LogP contribution in [0, 0.1) is 0 Å². The minimum atomic E-state index is -2.32. The van der Waals surface area contributed by atoms with E-state index < -0.39 is 23.8 Å². The highest BCUT2D eigenvalue weighted by atomic mass is 35.5. The van der Waals surface area contributed by atoms with Crippen LogP contribution in [0.25, 0.3) is 0 Å². The van der Waals surface area contributed by atoms with Crippen LogP contribution in [0.1, 0.15) is 114 Å². The first-order valence-corrected chi connectivity index (χ1v) is 17.3. The maximum absolute atomic E-state index is 13.8. The van der Waals surface area contributed by atoms with Crippen LogP contribution < -0.4 is 14.8 Å². The maximum atomic E-state index is 13.8. The van der Waals surface area contributed by atoms with Crippen molar-refractivity contribution in [1.82, 2.24) is 5.32 Å². The second-order valence-electron chi connectivity index (χ2n) is 12.9. The Hall–Kier alpha value is -2.81. The Balaban J connectivity index is 1.27. The number of carbonyl (C=O) groups excluding carboxylic acids is 2. The highest BCUT2D eigenvalue weighted by molar-refractivity contribution is 6.30. The molecule has 2 aromatic carbocycles. The first kappa shape index (κ1) is 33.6. The fourth-order valence-electron chi connectivity index (χ4n) is 6.53. The maximum Gasteiger partial charge on any atom is 0.453 e. The van der Waals surface area contributed by atoms with Crippen LogP contribution in [-0.2, 0) is 25.5 Å². The number of benzene rings is 2. The van der Waals surface area contributed by atoms with Gasteiger partial charge in [0.25, 0.3) is 0 Å². The molecule has 2 aliphatic carbocycles. The summed E-state index contributed by atoms with van der Waals surface area (Å²) in [5.74, 6) is -3.39. The Labute approximate surface area is 272 Å². The molecule has 8 nitrogen and oxygen atoms in total. The third-order valence-electron chi connectivity index (χ3n) is 9.14. The van der Waals surface area contributed by atoms with Crippen molar-refractivity contribution in [2.75, 3.05) is 6.54 Å². The molecule has 0 saturated heterocycles. The topological polar surface area (TPSA) is 103 Å². The molecule has 2 atom stereocenters. The van der Waals surface area contributed by atoms with Crippen molar-refractivity contribution in [1.29, 1.82) is 0 Å². The Kier molecular flexibility index (Phi) is 12.0.